The van der Waals surface area contributed by atoms with Crippen LogP contribution in [-0.2, 0) is 14.3 Å². The highest BCUT2D eigenvalue weighted by Gasteiger charge is 2.39. The van der Waals surface area contributed by atoms with Crippen LogP contribution in [0, 0.1) is 5.82 Å². The van der Waals surface area contributed by atoms with Crippen molar-refractivity contribution in [3.8, 4) is 0 Å². The van der Waals surface area contributed by atoms with E-state index >= 15 is 0 Å². The number of hydrogen-bond acceptors (Lipinski definition) is 5. The SMILES string of the molecule is COC(=O)C1=C(c2ccc(F)cc2)N2C(=O)CCSC2N=C1C. The van der Waals surface area contributed by atoms with E-state index < -0.39 is 11.5 Å². The Morgan fingerprint density at radius 1 is 1.39 bits per heavy atom. The molecule has 1 atom stereocenters. The summed E-state index contributed by atoms with van der Waals surface area (Å²) in [6, 6.07) is 5.70. The summed E-state index contributed by atoms with van der Waals surface area (Å²) < 4.78 is 18.1. The van der Waals surface area contributed by atoms with Crippen LogP contribution in [0.1, 0.15) is 18.9 Å². The predicted octanol–water partition coefficient (Wildman–Crippen LogP) is 2.43. The van der Waals surface area contributed by atoms with E-state index in [0.29, 0.717) is 29.1 Å². The number of thioether (sulfide) groups is 1. The molecule has 1 amide bonds. The summed E-state index contributed by atoms with van der Waals surface area (Å²) >= 11 is 1.53. The summed E-state index contributed by atoms with van der Waals surface area (Å²) in [5.74, 6) is -0.370. The maximum absolute atomic E-state index is 13.2. The lowest BCUT2D eigenvalue weighted by Gasteiger charge is -2.38. The number of benzene rings is 1. The number of ether oxygens (including phenoxy) is 1. The molecule has 1 fully saturated rings. The molecule has 120 valence electrons. The van der Waals surface area contributed by atoms with Crippen molar-refractivity contribution >= 4 is 35.0 Å². The molecule has 0 bridgehead atoms. The van der Waals surface area contributed by atoms with Crippen LogP contribution in [0.3, 0.4) is 0 Å². The van der Waals surface area contributed by atoms with E-state index in [4.69, 9.17) is 4.74 Å². The number of aliphatic imine (C=N–C) groups is 1. The van der Waals surface area contributed by atoms with Gasteiger partial charge in [-0.2, -0.15) is 0 Å². The fourth-order valence-corrected chi connectivity index (χ4v) is 3.77. The van der Waals surface area contributed by atoms with Crippen LogP contribution in [-0.4, -0.2) is 40.8 Å². The Hall–Kier alpha value is -2.15. The summed E-state index contributed by atoms with van der Waals surface area (Å²) in [5.41, 5.74) is 1.38. The van der Waals surface area contributed by atoms with Crippen molar-refractivity contribution in [3.05, 3.63) is 41.2 Å². The van der Waals surface area contributed by atoms with Gasteiger partial charge in [0.1, 0.15) is 11.4 Å². The summed E-state index contributed by atoms with van der Waals surface area (Å²) in [5, 5.41) is 0. The Kier molecular flexibility index (Phi) is 4.21. The third-order valence-electron chi connectivity index (χ3n) is 3.72. The Labute approximate surface area is 137 Å². The molecule has 3 rings (SSSR count). The van der Waals surface area contributed by atoms with Gasteiger partial charge in [-0.1, -0.05) is 0 Å². The minimum atomic E-state index is -0.563. The zero-order valence-electron chi connectivity index (χ0n) is 12.7. The Bertz CT molecular complexity index is 727. The van der Waals surface area contributed by atoms with Crippen molar-refractivity contribution in [2.45, 2.75) is 18.8 Å². The van der Waals surface area contributed by atoms with E-state index in [1.54, 1.807) is 19.1 Å². The number of esters is 1. The highest BCUT2D eigenvalue weighted by atomic mass is 32.2. The second-order valence-corrected chi connectivity index (χ2v) is 6.31. The van der Waals surface area contributed by atoms with Gasteiger partial charge in [-0.3, -0.25) is 14.7 Å². The third-order valence-corrected chi connectivity index (χ3v) is 4.78. The van der Waals surface area contributed by atoms with E-state index in [0.717, 1.165) is 0 Å². The molecular weight excluding hydrogens is 319 g/mol. The molecule has 1 saturated heterocycles. The van der Waals surface area contributed by atoms with Gasteiger partial charge in [-0.25, -0.2) is 9.18 Å². The molecule has 2 aliphatic heterocycles. The number of hydrogen-bond donors (Lipinski definition) is 0. The minimum Gasteiger partial charge on any atom is -0.465 e. The van der Waals surface area contributed by atoms with E-state index in [2.05, 4.69) is 4.99 Å². The van der Waals surface area contributed by atoms with E-state index in [9.17, 15) is 14.0 Å². The van der Waals surface area contributed by atoms with Gasteiger partial charge in [-0.05, 0) is 36.8 Å². The highest BCUT2D eigenvalue weighted by molar-refractivity contribution is 8.00. The average molecular weight is 334 g/mol. The first-order valence-corrected chi connectivity index (χ1v) is 8.14. The molecule has 1 aromatic carbocycles. The number of amides is 1. The number of methoxy groups -OCH3 is 1. The molecule has 0 aliphatic carbocycles. The standard InChI is InChI=1S/C16H15FN2O3S/c1-9-13(15(21)22-2)14(10-3-5-11(17)6-4-10)19-12(20)7-8-23-16(19)18-9/h3-6,16H,7-8H2,1-2H3. The predicted molar refractivity (Wildman–Crippen MR) is 86.2 cm³/mol. The van der Waals surface area contributed by atoms with E-state index in [1.807, 2.05) is 0 Å². The van der Waals surface area contributed by atoms with Gasteiger partial charge in [-0.15, -0.1) is 11.8 Å². The fraction of sp³-hybridized carbons (Fsp3) is 0.312. The Balaban J connectivity index is 2.22. The number of rotatable bonds is 2. The normalized spacial score (nSPS) is 21.0. The van der Waals surface area contributed by atoms with Gasteiger partial charge in [0.05, 0.1) is 18.5 Å². The zero-order valence-corrected chi connectivity index (χ0v) is 13.5. The van der Waals surface area contributed by atoms with Crippen molar-refractivity contribution in [1.29, 1.82) is 0 Å². The summed E-state index contributed by atoms with van der Waals surface area (Å²) in [4.78, 5) is 30.6. The molecule has 5 nitrogen and oxygen atoms in total. The Morgan fingerprint density at radius 2 is 2.09 bits per heavy atom. The lowest BCUT2D eigenvalue weighted by molar-refractivity contribution is -0.135. The molecule has 0 saturated carbocycles. The lowest BCUT2D eigenvalue weighted by atomic mass is 10.00. The molecule has 23 heavy (non-hydrogen) atoms. The van der Waals surface area contributed by atoms with Gasteiger partial charge in [0.15, 0.2) is 5.50 Å². The van der Waals surface area contributed by atoms with Crippen LogP contribution in [0.25, 0.3) is 5.70 Å². The van der Waals surface area contributed by atoms with Crippen LogP contribution in [0.4, 0.5) is 4.39 Å². The molecule has 2 aliphatic rings. The third kappa shape index (κ3) is 2.76. The quantitative estimate of drug-likeness (QED) is 0.780. The summed E-state index contributed by atoms with van der Waals surface area (Å²) in [7, 11) is 1.28. The largest absolute Gasteiger partial charge is 0.465 e. The molecule has 1 aromatic rings. The minimum absolute atomic E-state index is 0.106. The number of halogens is 1. The van der Waals surface area contributed by atoms with Crippen LogP contribution in [0.2, 0.25) is 0 Å². The lowest BCUT2D eigenvalue weighted by Crippen LogP contribution is -2.44. The molecule has 0 N–H and O–H groups in total. The maximum atomic E-state index is 13.2. The molecule has 0 aromatic heterocycles. The number of fused-ring (bicyclic) bond motifs is 1. The fourth-order valence-electron chi connectivity index (χ4n) is 2.66. The number of nitrogens with zero attached hydrogens (tertiary/aromatic N) is 2. The average Bonchev–Trinajstić information content (AvgIpc) is 2.54. The first-order valence-electron chi connectivity index (χ1n) is 7.10. The molecule has 1 unspecified atom stereocenters. The van der Waals surface area contributed by atoms with Gasteiger partial charge in [0.25, 0.3) is 0 Å². The first-order chi connectivity index (χ1) is 11.0. The Morgan fingerprint density at radius 3 is 2.74 bits per heavy atom. The van der Waals surface area contributed by atoms with Crippen molar-refractivity contribution in [3.63, 3.8) is 0 Å². The molecule has 7 heteroatoms. The van der Waals surface area contributed by atoms with Gasteiger partial charge >= 0.3 is 5.97 Å². The summed E-state index contributed by atoms with van der Waals surface area (Å²) in [6.07, 6.45) is 0.370. The second kappa shape index (κ2) is 6.16. The van der Waals surface area contributed by atoms with E-state index in [-0.39, 0.29) is 17.3 Å². The molecule has 0 spiro atoms. The summed E-state index contributed by atoms with van der Waals surface area (Å²) in [6.45, 7) is 1.72. The molecule has 0 radical (unpaired) electrons. The van der Waals surface area contributed by atoms with Crippen molar-refractivity contribution in [2.75, 3.05) is 12.9 Å². The number of carbonyl (C=O) groups excluding carboxylic acids is 2. The van der Waals surface area contributed by atoms with Gasteiger partial charge < -0.3 is 4.74 Å². The van der Waals surface area contributed by atoms with Gasteiger partial charge in [0.2, 0.25) is 5.91 Å². The van der Waals surface area contributed by atoms with Crippen molar-refractivity contribution in [1.82, 2.24) is 4.90 Å². The van der Waals surface area contributed by atoms with Crippen LogP contribution < -0.4 is 0 Å². The van der Waals surface area contributed by atoms with Crippen molar-refractivity contribution < 1.29 is 18.7 Å². The highest BCUT2D eigenvalue weighted by Crippen LogP contribution is 2.38. The topological polar surface area (TPSA) is 59.0 Å². The van der Waals surface area contributed by atoms with Crippen LogP contribution >= 0.6 is 11.8 Å². The zero-order chi connectivity index (χ0) is 16.6. The van der Waals surface area contributed by atoms with Gasteiger partial charge in [0, 0.05) is 12.2 Å². The smallest absolute Gasteiger partial charge is 0.341 e. The van der Waals surface area contributed by atoms with Crippen molar-refractivity contribution in [2.24, 2.45) is 4.99 Å². The van der Waals surface area contributed by atoms with Crippen LogP contribution in [0.15, 0.2) is 34.8 Å². The van der Waals surface area contributed by atoms with E-state index in [1.165, 1.54) is 35.9 Å². The van der Waals surface area contributed by atoms with Crippen LogP contribution in [0.5, 0.6) is 0 Å². The maximum Gasteiger partial charge on any atom is 0.341 e. The monoisotopic (exact) mass is 334 g/mol. The molecular formula is C16H15FN2O3S. The number of carbonyl (C=O) groups is 2. The first kappa shape index (κ1) is 15.7. The second-order valence-electron chi connectivity index (χ2n) is 5.15. The molecule has 2 heterocycles.